The summed E-state index contributed by atoms with van der Waals surface area (Å²) in [5.74, 6) is 0.498. The zero-order valence-electron chi connectivity index (χ0n) is 11.2. The van der Waals surface area contributed by atoms with Crippen molar-refractivity contribution in [2.45, 2.75) is 38.9 Å². The SMILES string of the molecule is Cc1cc2oc(=O)c(C)c-2cc2c1[C@@H](O)C[C@@]2(C)O. The maximum absolute atomic E-state index is 11.6. The van der Waals surface area contributed by atoms with Crippen LogP contribution in [-0.4, -0.2) is 10.2 Å². The van der Waals surface area contributed by atoms with Gasteiger partial charge in [-0.3, -0.25) is 0 Å². The van der Waals surface area contributed by atoms with E-state index in [0.29, 0.717) is 22.5 Å². The summed E-state index contributed by atoms with van der Waals surface area (Å²) in [6, 6.07) is 3.53. The van der Waals surface area contributed by atoms with Gasteiger partial charge in [0.2, 0.25) is 0 Å². The highest BCUT2D eigenvalue weighted by Crippen LogP contribution is 2.46. The quantitative estimate of drug-likeness (QED) is 0.760. The standard InChI is InChI=1S/C15H16O4/c1-7-4-12-9(8(2)14(17)19-12)5-10-13(7)11(16)6-15(10,3)18/h4-5,11,16,18H,6H2,1-3H3/t11-,15+/m0/s1. The van der Waals surface area contributed by atoms with Crippen LogP contribution in [0.5, 0.6) is 0 Å². The van der Waals surface area contributed by atoms with Crippen LogP contribution in [0.4, 0.5) is 0 Å². The van der Waals surface area contributed by atoms with Crippen LogP contribution in [-0.2, 0) is 5.60 Å². The average molecular weight is 260 g/mol. The van der Waals surface area contributed by atoms with E-state index in [1.807, 2.05) is 6.92 Å². The summed E-state index contributed by atoms with van der Waals surface area (Å²) in [6.07, 6.45) is -0.413. The van der Waals surface area contributed by atoms with Gasteiger partial charge in [-0.05, 0) is 49.6 Å². The lowest BCUT2D eigenvalue weighted by Gasteiger charge is -2.16. The van der Waals surface area contributed by atoms with Crippen molar-refractivity contribution in [3.05, 3.63) is 44.8 Å². The highest BCUT2D eigenvalue weighted by molar-refractivity contribution is 5.67. The van der Waals surface area contributed by atoms with Gasteiger partial charge in [-0.1, -0.05) is 0 Å². The lowest BCUT2D eigenvalue weighted by Crippen LogP contribution is -2.16. The van der Waals surface area contributed by atoms with Crippen LogP contribution in [0.1, 0.15) is 41.7 Å². The summed E-state index contributed by atoms with van der Waals surface area (Å²) < 4.78 is 5.20. The third kappa shape index (κ3) is 1.64. The van der Waals surface area contributed by atoms with Gasteiger partial charge < -0.3 is 14.6 Å². The Morgan fingerprint density at radius 2 is 2.05 bits per heavy atom. The van der Waals surface area contributed by atoms with Crippen LogP contribution in [0.2, 0.25) is 0 Å². The van der Waals surface area contributed by atoms with E-state index in [1.54, 1.807) is 26.0 Å². The first-order valence-corrected chi connectivity index (χ1v) is 6.30. The van der Waals surface area contributed by atoms with E-state index >= 15 is 0 Å². The summed E-state index contributed by atoms with van der Waals surface area (Å²) in [5, 5.41) is 20.6. The Morgan fingerprint density at radius 3 is 2.74 bits per heavy atom. The molecule has 0 bridgehead atoms. The number of rotatable bonds is 0. The molecule has 3 rings (SSSR count). The molecule has 1 aliphatic heterocycles. The van der Waals surface area contributed by atoms with E-state index < -0.39 is 11.7 Å². The predicted molar refractivity (Wildman–Crippen MR) is 70.2 cm³/mol. The topological polar surface area (TPSA) is 70.7 Å². The molecule has 1 heterocycles. The second-order valence-electron chi connectivity index (χ2n) is 5.59. The summed E-state index contributed by atoms with van der Waals surface area (Å²) >= 11 is 0. The molecule has 0 aromatic heterocycles. The Labute approximate surface area is 110 Å². The first kappa shape index (κ1) is 12.4. The molecule has 0 aromatic rings. The fourth-order valence-corrected chi connectivity index (χ4v) is 3.00. The monoisotopic (exact) mass is 260 g/mol. The minimum atomic E-state index is -1.09. The number of aryl methyl sites for hydroxylation is 1. The second-order valence-corrected chi connectivity index (χ2v) is 5.59. The fraction of sp³-hybridized carbons (Fsp3) is 0.400. The van der Waals surface area contributed by atoms with Crippen LogP contribution in [0, 0.1) is 13.8 Å². The van der Waals surface area contributed by atoms with Crippen molar-refractivity contribution in [2.75, 3.05) is 0 Å². The summed E-state index contributed by atoms with van der Waals surface area (Å²) in [7, 11) is 0. The first-order chi connectivity index (χ1) is 8.81. The van der Waals surface area contributed by atoms with Crippen molar-refractivity contribution >= 4 is 0 Å². The Morgan fingerprint density at radius 1 is 1.37 bits per heavy atom. The number of furan rings is 1. The lowest BCUT2D eigenvalue weighted by atomic mass is 9.98. The molecule has 2 atom stereocenters. The van der Waals surface area contributed by atoms with Crippen molar-refractivity contribution in [3.63, 3.8) is 0 Å². The van der Waals surface area contributed by atoms with E-state index in [1.165, 1.54) is 0 Å². The normalized spacial score (nSPS) is 25.8. The van der Waals surface area contributed by atoms with Crippen molar-refractivity contribution < 1.29 is 14.6 Å². The Balaban J connectivity index is 2.45. The zero-order chi connectivity index (χ0) is 13.9. The van der Waals surface area contributed by atoms with E-state index in [9.17, 15) is 15.0 Å². The molecular formula is C15H16O4. The largest absolute Gasteiger partial charge is 0.422 e. The molecule has 0 radical (unpaired) electrons. The van der Waals surface area contributed by atoms with Gasteiger partial charge in [0.1, 0.15) is 5.76 Å². The summed E-state index contributed by atoms with van der Waals surface area (Å²) in [6.45, 7) is 5.24. The predicted octanol–water partition coefficient (Wildman–Crippen LogP) is 2.01. The molecule has 100 valence electrons. The van der Waals surface area contributed by atoms with Gasteiger partial charge in [0, 0.05) is 17.5 Å². The number of hydrogen-bond acceptors (Lipinski definition) is 4. The van der Waals surface area contributed by atoms with Gasteiger partial charge >= 0.3 is 5.63 Å². The van der Waals surface area contributed by atoms with Crippen LogP contribution in [0.25, 0.3) is 11.3 Å². The molecule has 0 fully saturated rings. The second kappa shape index (κ2) is 3.68. The third-order valence-electron chi connectivity index (χ3n) is 4.03. The van der Waals surface area contributed by atoms with Crippen LogP contribution in [0.15, 0.2) is 21.3 Å². The molecule has 0 spiro atoms. The molecule has 2 aliphatic carbocycles. The van der Waals surface area contributed by atoms with Crippen molar-refractivity contribution in [1.29, 1.82) is 0 Å². The average Bonchev–Trinajstić information content (AvgIpc) is 2.61. The number of hydrogen-bond donors (Lipinski definition) is 2. The van der Waals surface area contributed by atoms with Gasteiger partial charge in [-0.15, -0.1) is 0 Å². The Hall–Kier alpha value is -1.65. The number of fused-ring (bicyclic) bond motifs is 2. The van der Waals surface area contributed by atoms with Crippen molar-refractivity contribution in [1.82, 2.24) is 0 Å². The van der Waals surface area contributed by atoms with E-state index in [4.69, 9.17) is 4.42 Å². The van der Waals surface area contributed by atoms with Gasteiger partial charge in [-0.2, -0.15) is 0 Å². The minimum absolute atomic E-state index is 0.274. The Bertz CT molecular complexity index is 696. The highest BCUT2D eigenvalue weighted by atomic mass is 16.4. The molecule has 0 amide bonds. The van der Waals surface area contributed by atoms with Crippen molar-refractivity contribution in [3.8, 4) is 11.3 Å². The third-order valence-corrected chi connectivity index (χ3v) is 4.03. The van der Waals surface area contributed by atoms with Gasteiger partial charge in [-0.25, -0.2) is 4.79 Å². The van der Waals surface area contributed by atoms with Gasteiger partial charge in [0.15, 0.2) is 0 Å². The molecule has 0 saturated heterocycles. The molecule has 3 aliphatic rings. The molecule has 0 saturated carbocycles. The molecule has 2 N–H and O–H groups in total. The molecule has 0 unspecified atom stereocenters. The maximum Gasteiger partial charge on any atom is 0.339 e. The molecule has 4 nitrogen and oxygen atoms in total. The minimum Gasteiger partial charge on any atom is -0.422 e. The summed E-state index contributed by atoms with van der Waals surface area (Å²) in [5.41, 5.74) is 2.03. The molecule has 0 aromatic carbocycles. The number of aliphatic hydroxyl groups excluding tert-OH is 1. The molecule has 4 heteroatoms. The van der Waals surface area contributed by atoms with E-state index in [-0.39, 0.29) is 12.0 Å². The van der Waals surface area contributed by atoms with Crippen LogP contribution >= 0.6 is 0 Å². The first-order valence-electron chi connectivity index (χ1n) is 6.30. The maximum atomic E-state index is 11.6. The van der Waals surface area contributed by atoms with Gasteiger partial charge in [0.25, 0.3) is 0 Å². The van der Waals surface area contributed by atoms with Crippen molar-refractivity contribution in [2.24, 2.45) is 0 Å². The van der Waals surface area contributed by atoms with E-state index in [0.717, 1.165) is 11.1 Å². The Kier molecular flexibility index (Phi) is 2.40. The van der Waals surface area contributed by atoms with E-state index in [2.05, 4.69) is 0 Å². The fourth-order valence-electron chi connectivity index (χ4n) is 3.00. The highest BCUT2D eigenvalue weighted by Gasteiger charge is 2.39. The summed E-state index contributed by atoms with van der Waals surface area (Å²) in [4.78, 5) is 11.6. The van der Waals surface area contributed by atoms with Gasteiger partial charge in [0.05, 0.1) is 11.7 Å². The van der Waals surface area contributed by atoms with Crippen LogP contribution < -0.4 is 5.63 Å². The van der Waals surface area contributed by atoms with Crippen LogP contribution in [0.3, 0.4) is 0 Å². The smallest absolute Gasteiger partial charge is 0.339 e. The zero-order valence-corrected chi connectivity index (χ0v) is 11.2. The molecule has 19 heavy (non-hydrogen) atoms. The molecular weight excluding hydrogens is 244 g/mol. The lowest BCUT2D eigenvalue weighted by molar-refractivity contribution is 0.0228. The number of aliphatic hydroxyl groups is 2.